The van der Waals surface area contributed by atoms with E-state index in [1.165, 1.54) is 11.1 Å². The van der Waals surface area contributed by atoms with Gasteiger partial charge in [-0.2, -0.15) is 0 Å². The van der Waals surface area contributed by atoms with Gasteiger partial charge in [-0.05, 0) is 33.9 Å². The molecule has 6 heteroatoms. The van der Waals surface area contributed by atoms with Crippen LogP contribution in [0.2, 0.25) is 15.2 Å². The van der Waals surface area contributed by atoms with Gasteiger partial charge in [-0.1, -0.05) is 104 Å². The fourth-order valence-corrected chi connectivity index (χ4v) is 4.97. The summed E-state index contributed by atoms with van der Waals surface area (Å²) in [4.78, 5) is 15.4. The van der Waals surface area contributed by atoms with Gasteiger partial charge in [0.15, 0.2) is 5.78 Å². The molecular weight excluding hydrogens is 469 g/mol. The summed E-state index contributed by atoms with van der Waals surface area (Å²) < 4.78 is 1.14. The number of H-pyrrole nitrogens is 1. The van der Waals surface area contributed by atoms with Crippen molar-refractivity contribution in [2.24, 2.45) is 0 Å². The van der Waals surface area contributed by atoms with Crippen molar-refractivity contribution < 1.29 is 4.79 Å². The van der Waals surface area contributed by atoms with Crippen LogP contribution in [0.4, 0.5) is 0 Å². The van der Waals surface area contributed by atoms with Gasteiger partial charge < -0.3 is 4.98 Å². The Morgan fingerprint density at radius 2 is 1.44 bits per heavy atom. The van der Waals surface area contributed by atoms with Gasteiger partial charge in [0.1, 0.15) is 10.8 Å². The molecule has 0 amide bonds. The molecule has 0 aliphatic carbocycles. The van der Waals surface area contributed by atoms with Gasteiger partial charge in [0, 0.05) is 10.9 Å². The first-order valence-corrected chi connectivity index (χ1v) is 10.7. The summed E-state index contributed by atoms with van der Waals surface area (Å²) >= 11 is 21.8. The Labute approximate surface area is 185 Å². The van der Waals surface area contributed by atoms with Crippen molar-refractivity contribution in [1.82, 2.24) is 4.98 Å². The lowest BCUT2D eigenvalue weighted by atomic mass is 9.79. The first-order chi connectivity index (χ1) is 12.2. The quantitative estimate of drug-likeness (QED) is 0.428. The molecule has 1 aromatic carbocycles. The Hall–Kier alpha value is -0.480. The maximum Gasteiger partial charge on any atom is 0.180 e. The zero-order valence-electron chi connectivity index (χ0n) is 16.5. The largest absolute Gasteiger partial charge is 0.341 e. The second kappa shape index (κ2) is 8.10. The molecule has 0 spiro atoms. The monoisotopic (exact) mass is 491 g/mol. The molecule has 0 fully saturated rings. The van der Waals surface area contributed by atoms with Crippen LogP contribution in [-0.2, 0) is 17.3 Å². The Balaban J connectivity index is 2.36. The highest BCUT2D eigenvalue weighted by Crippen LogP contribution is 2.39. The number of Topliss-reactive ketones (excluding diaryl/α,β-unsaturated/α-hetero) is 1. The Morgan fingerprint density at radius 1 is 0.963 bits per heavy atom. The molecule has 0 unspecified atom stereocenters. The summed E-state index contributed by atoms with van der Waals surface area (Å²) in [6, 6.07) is 4.37. The summed E-state index contributed by atoms with van der Waals surface area (Å²) in [5.41, 5.74) is 3.85. The molecule has 2 nitrogen and oxygen atoms in total. The second-order valence-electron chi connectivity index (χ2n) is 8.87. The van der Waals surface area contributed by atoms with E-state index < -0.39 is 0 Å². The van der Waals surface area contributed by atoms with E-state index in [1.54, 1.807) is 0 Å². The lowest BCUT2D eigenvalue weighted by molar-refractivity contribution is 0.0979. The zero-order valence-corrected chi connectivity index (χ0v) is 20.3. The highest BCUT2D eigenvalue weighted by atomic mass is 79.9. The van der Waals surface area contributed by atoms with E-state index in [2.05, 4.69) is 74.6 Å². The van der Waals surface area contributed by atoms with Gasteiger partial charge in [0.25, 0.3) is 0 Å². The average molecular weight is 494 g/mol. The minimum atomic E-state index is -0.105. The van der Waals surface area contributed by atoms with E-state index in [0.29, 0.717) is 12.8 Å². The maximum atomic E-state index is 12.6. The van der Waals surface area contributed by atoms with Crippen LogP contribution in [0.15, 0.2) is 16.6 Å². The molecule has 1 heterocycles. The summed E-state index contributed by atoms with van der Waals surface area (Å²) in [5, 5.41) is 0.572. The number of benzene rings is 1. The highest BCUT2D eigenvalue weighted by molar-refractivity contribution is 9.10. The van der Waals surface area contributed by atoms with Gasteiger partial charge in [0.2, 0.25) is 0 Å². The first kappa shape index (κ1) is 22.8. The van der Waals surface area contributed by atoms with Crippen LogP contribution in [0.3, 0.4) is 0 Å². The summed E-state index contributed by atoms with van der Waals surface area (Å²) in [6.45, 7) is 13.1. The molecule has 148 valence electrons. The number of carbonyl (C=O) groups excluding carboxylic acids is 1. The molecule has 0 aliphatic heterocycles. The van der Waals surface area contributed by atoms with Crippen LogP contribution in [0.1, 0.15) is 75.1 Å². The van der Waals surface area contributed by atoms with Gasteiger partial charge in [-0.25, -0.2) is 0 Å². The van der Waals surface area contributed by atoms with Crippen molar-refractivity contribution >= 4 is 56.5 Å². The van der Waals surface area contributed by atoms with Gasteiger partial charge in [-0.15, -0.1) is 0 Å². The normalized spacial score (nSPS) is 12.5. The van der Waals surface area contributed by atoms with Crippen molar-refractivity contribution in [2.45, 2.75) is 65.2 Å². The topological polar surface area (TPSA) is 32.9 Å². The van der Waals surface area contributed by atoms with E-state index in [-0.39, 0.29) is 37.5 Å². The van der Waals surface area contributed by atoms with E-state index >= 15 is 0 Å². The van der Waals surface area contributed by atoms with Gasteiger partial charge in [0.05, 0.1) is 10.0 Å². The van der Waals surface area contributed by atoms with Crippen molar-refractivity contribution in [3.05, 3.63) is 54.2 Å². The number of ketones is 1. The third kappa shape index (κ3) is 5.12. The fourth-order valence-electron chi connectivity index (χ4n) is 2.92. The average Bonchev–Trinajstić information content (AvgIpc) is 2.79. The number of aromatic nitrogens is 1. The molecule has 27 heavy (non-hydrogen) atoms. The summed E-state index contributed by atoms with van der Waals surface area (Å²) in [7, 11) is 0. The lowest BCUT2D eigenvalue weighted by Crippen LogP contribution is -2.19. The number of hydrogen-bond donors (Lipinski definition) is 1. The van der Waals surface area contributed by atoms with Crippen molar-refractivity contribution in [3.8, 4) is 0 Å². The molecule has 1 aromatic heterocycles. The maximum absolute atomic E-state index is 12.6. The number of aromatic amines is 1. The molecule has 0 saturated carbocycles. The molecule has 2 aromatic rings. The minimum Gasteiger partial charge on any atom is -0.341 e. The van der Waals surface area contributed by atoms with Crippen molar-refractivity contribution in [1.29, 1.82) is 0 Å². The van der Waals surface area contributed by atoms with Crippen LogP contribution in [0.5, 0.6) is 0 Å². The van der Waals surface area contributed by atoms with E-state index in [1.807, 2.05) is 0 Å². The van der Waals surface area contributed by atoms with E-state index in [9.17, 15) is 4.79 Å². The molecule has 1 N–H and O–H groups in total. The lowest BCUT2D eigenvalue weighted by Gasteiger charge is -2.29. The zero-order chi connectivity index (χ0) is 20.7. The predicted molar refractivity (Wildman–Crippen MR) is 120 cm³/mol. The smallest absolute Gasteiger partial charge is 0.180 e. The Morgan fingerprint density at radius 3 is 1.81 bits per heavy atom. The van der Waals surface area contributed by atoms with Crippen molar-refractivity contribution in [2.75, 3.05) is 0 Å². The van der Waals surface area contributed by atoms with Crippen LogP contribution in [0, 0.1) is 0 Å². The third-order valence-electron chi connectivity index (χ3n) is 4.51. The number of hydrogen-bond acceptors (Lipinski definition) is 1. The Kier molecular flexibility index (Phi) is 6.84. The summed E-state index contributed by atoms with van der Waals surface area (Å²) in [6.07, 6.45) is 0.935. The van der Waals surface area contributed by atoms with Crippen LogP contribution in [0.25, 0.3) is 0 Å². The summed E-state index contributed by atoms with van der Waals surface area (Å²) in [5.74, 6) is -0.105. The molecule has 2 rings (SSSR count). The Bertz CT molecular complexity index is 838. The molecular formula is C21H25BrCl3NO. The number of carbonyl (C=O) groups is 1. The minimum absolute atomic E-state index is 0.0112. The number of rotatable bonds is 4. The SMILES string of the molecule is CC(C)(C)c1cc(CCC(=O)c2[nH]c(Cl)c(Cl)c2Cl)cc(C(C)(C)C)c1Br. The van der Waals surface area contributed by atoms with Gasteiger partial charge >= 0.3 is 0 Å². The third-order valence-corrected chi connectivity index (χ3v) is 6.59. The van der Waals surface area contributed by atoms with Crippen molar-refractivity contribution in [3.63, 3.8) is 0 Å². The van der Waals surface area contributed by atoms with Crippen LogP contribution < -0.4 is 0 Å². The van der Waals surface area contributed by atoms with E-state index in [0.717, 1.165) is 10.0 Å². The standard InChI is InChI=1S/C21H25BrCl3NO/c1-20(2,3)12-9-11(10-13(15(12)22)21(4,5)6)7-8-14(27)18-16(23)17(24)19(25)26-18/h9-10,26H,7-8H2,1-6H3. The first-order valence-electron chi connectivity index (χ1n) is 8.82. The predicted octanol–water partition coefficient (Wildman–Crippen LogP) is 8.15. The van der Waals surface area contributed by atoms with Gasteiger partial charge in [-0.3, -0.25) is 4.79 Å². The molecule has 0 bridgehead atoms. The number of nitrogens with one attached hydrogen (secondary N) is 1. The van der Waals surface area contributed by atoms with E-state index in [4.69, 9.17) is 34.8 Å². The molecule has 0 atom stereocenters. The molecule has 0 aliphatic rings. The second-order valence-corrected chi connectivity index (χ2v) is 10.8. The van der Waals surface area contributed by atoms with Crippen LogP contribution >= 0.6 is 50.7 Å². The molecule has 0 radical (unpaired) electrons. The van der Waals surface area contributed by atoms with Crippen LogP contribution in [-0.4, -0.2) is 10.8 Å². The highest BCUT2D eigenvalue weighted by Gasteiger charge is 2.26. The fraction of sp³-hybridized carbons (Fsp3) is 0.476. The number of halogens is 4. The molecule has 0 saturated heterocycles. The number of aryl methyl sites for hydroxylation is 1.